The van der Waals surface area contributed by atoms with Gasteiger partial charge in [0.1, 0.15) is 6.04 Å². The van der Waals surface area contributed by atoms with E-state index in [2.05, 4.69) is 10.4 Å². The molecule has 2 rings (SSSR count). The number of aryl methyl sites for hydroxylation is 1. The van der Waals surface area contributed by atoms with Crippen LogP contribution in [0.1, 0.15) is 10.9 Å². The van der Waals surface area contributed by atoms with E-state index in [4.69, 9.17) is 5.11 Å². The molecule has 0 aromatic carbocycles. The van der Waals surface area contributed by atoms with Crippen molar-refractivity contribution in [1.29, 1.82) is 0 Å². The zero-order valence-corrected chi connectivity index (χ0v) is 8.49. The molecule has 0 spiro atoms. The van der Waals surface area contributed by atoms with Crippen LogP contribution >= 0.6 is 11.8 Å². The topological polar surface area (TPSA) is 67.2 Å². The van der Waals surface area contributed by atoms with E-state index in [-0.39, 0.29) is 5.37 Å². The van der Waals surface area contributed by atoms with Gasteiger partial charge in [0, 0.05) is 24.6 Å². The lowest BCUT2D eigenvalue weighted by Gasteiger charge is -2.07. The van der Waals surface area contributed by atoms with E-state index in [1.165, 1.54) is 0 Å². The van der Waals surface area contributed by atoms with Crippen LogP contribution in [0.5, 0.6) is 0 Å². The molecule has 2 heterocycles. The van der Waals surface area contributed by atoms with Crippen molar-refractivity contribution in [2.45, 2.75) is 11.4 Å². The fourth-order valence-electron chi connectivity index (χ4n) is 1.38. The molecule has 1 aliphatic rings. The molecule has 5 nitrogen and oxygen atoms in total. The lowest BCUT2D eigenvalue weighted by Crippen LogP contribution is -2.33. The van der Waals surface area contributed by atoms with Crippen molar-refractivity contribution >= 4 is 17.7 Å². The summed E-state index contributed by atoms with van der Waals surface area (Å²) in [7, 11) is 1.85. The number of carboxylic acids is 1. The Balaban J connectivity index is 2.05. The number of carboxylic acid groups (broad SMARTS) is 1. The molecule has 1 aliphatic heterocycles. The molecule has 0 unspecified atom stereocenters. The zero-order valence-electron chi connectivity index (χ0n) is 7.67. The lowest BCUT2D eigenvalue weighted by atomic mass is 10.3. The summed E-state index contributed by atoms with van der Waals surface area (Å²) in [6.07, 6.45) is 3.66. The van der Waals surface area contributed by atoms with Crippen molar-refractivity contribution in [2.75, 3.05) is 5.75 Å². The number of aliphatic carboxylic acids is 1. The van der Waals surface area contributed by atoms with Crippen molar-refractivity contribution in [3.63, 3.8) is 0 Å². The van der Waals surface area contributed by atoms with Gasteiger partial charge >= 0.3 is 5.97 Å². The number of nitrogens with one attached hydrogen (secondary N) is 1. The third-order valence-electron chi connectivity index (χ3n) is 2.11. The fraction of sp³-hybridized carbons (Fsp3) is 0.500. The summed E-state index contributed by atoms with van der Waals surface area (Å²) in [4.78, 5) is 10.7. The van der Waals surface area contributed by atoms with Gasteiger partial charge < -0.3 is 5.11 Å². The Labute approximate surface area is 85.5 Å². The summed E-state index contributed by atoms with van der Waals surface area (Å²) in [6.45, 7) is 0. The summed E-state index contributed by atoms with van der Waals surface area (Å²) in [6, 6.07) is -0.440. The number of hydrogen-bond donors (Lipinski definition) is 2. The highest BCUT2D eigenvalue weighted by Gasteiger charge is 2.30. The highest BCUT2D eigenvalue weighted by Crippen LogP contribution is 2.32. The average Bonchev–Trinajstić information content (AvgIpc) is 2.70. The maximum absolute atomic E-state index is 10.7. The second kappa shape index (κ2) is 3.62. The molecule has 76 valence electrons. The van der Waals surface area contributed by atoms with E-state index >= 15 is 0 Å². The number of nitrogens with zero attached hydrogens (tertiary/aromatic N) is 2. The van der Waals surface area contributed by atoms with Crippen molar-refractivity contribution in [1.82, 2.24) is 15.1 Å². The van der Waals surface area contributed by atoms with E-state index in [9.17, 15) is 4.79 Å². The minimum absolute atomic E-state index is 0.0600. The molecule has 1 aromatic heterocycles. The van der Waals surface area contributed by atoms with Crippen LogP contribution in [0.25, 0.3) is 0 Å². The molecular formula is C8H11N3O2S. The van der Waals surface area contributed by atoms with Gasteiger partial charge in [0.25, 0.3) is 0 Å². The number of carbonyl (C=O) groups is 1. The first-order valence-corrected chi connectivity index (χ1v) is 5.30. The van der Waals surface area contributed by atoms with Gasteiger partial charge in [-0.05, 0) is 0 Å². The minimum Gasteiger partial charge on any atom is -0.480 e. The van der Waals surface area contributed by atoms with Crippen LogP contribution in [-0.4, -0.2) is 32.7 Å². The Hall–Kier alpha value is -1.01. The van der Waals surface area contributed by atoms with Crippen molar-refractivity contribution in [3.8, 4) is 0 Å². The zero-order chi connectivity index (χ0) is 10.1. The van der Waals surface area contributed by atoms with Crippen LogP contribution in [0, 0.1) is 0 Å². The fourth-order valence-corrected chi connectivity index (χ4v) is 2.58. The number of hydrogen-bond acceptors (Lipinski definition) is 4. The van der Waals surface area contributed by atoms with Gasteiger partial charge in [-0.25, -0.2) is 0 Å². The Morgan fingerprint density at radius 2 is 2.64 bits per heavy atom. The van der Waals surface area contributed by atoms with E-state index in [0.29, 0.717) is 5.75 Å². The van der Waals surface area contributed by atoms with Gasteiger partial charge in [0.05, 0.1) is 11.6 Å². The second-order valence-electron chi connectivity index (χ2n) is 3.22. The maximum atomic E-state index is 10.7. The first-order chi connectivity index (χ1) is 6.66. The molecule has 1 fully saturated rings. The standard InChI is InChI=1S/C8H11N3O2S/c1-11-3-5(2-9-11)7-10-6(4-14-7)8(12)13/h2-3,6-7,10H,4H2,1H3,(H,12,13)/t6-,7-/m1/s1. The predicted octanol–water partition coefficient (Wildman–Crippen LogP) is 0.208. The van der Waals surface area contributed by atoms with Gasteiger partial charge in [-0.15, -0.1) is 11.8 Å². The summed E-state index contributed by atoms with van der Waals surface area (Å²) < 4.78 is 1.71. The summed E-state index contributed by atoms with van der Waals surface area (Å²) >= 11 is 1.60. The second-order valence-corrected chi connectivity index (χ2v) is 4.36. The highest BCUT2D eigenvalue weighted by atomic mass is 32.2. The van der Waals surface area contributed by atoms with Crippen LogP contribution in [0.4, 0.5) is 0 Å². The molecule has 0 bridgehead atoms. The Morgan fingerprint density at radius 3 is 3.14 bits per heavy atom. The smallest absolute Gasteiger partial charge is 0.321 e. The first kappa shape index (κ1) is 9.54. The quantitative estimate of drug-likeness (QED) is 0.735. The predicted molar refractivity (Wildman–Crippen MR) is 53.0 cm³/mol. The molecule has 1 aromatic rings. The third kappa shape index (κ3) is 1.76. The number of thioether (sulfide) groups is 1. The van der Waals surface area contributed by atoms with E-state index in [1.54, 1.807) is 22.6 Å². The summed E-state index contributed by atoms with van der Waals surface area (Å²) in [5.74, 6) is -0.182. The first-order valence-electron chi connectivity index (χ1n) is 4.26. The molecule has 0 aliphatic carbocycles. The highest BCUT2D eigenvalue weighted by molar-refractivity contribution is 7.99. The molecule has 0 radical (unpaired) electrons. The largest absolute Gasteiger partial charge is 0.480 e. The van der Waals surface area contributed by atoms with Crippen LogP contribution in [0.2, 0.25) is 0 Å². The van der Waals surface area contributed by atoms with Crippen molar-refractivity contribution < 1.29 is 9.90 Å². The minimum atomic E-state index is -0.788. The van der Waals surface area contributed by atoms with Crippen molar-refractivity contribution in [2.24, 2.45) is 7.05 Å². The monoisotopic (exact) mass is 213 g/mol. The average molecular weight is 213 g/mol. The van der Waals surface area contributed by atoms with Crippen LogP contribution in [-0.2, 0) is 11.8 Å². The lowest BCUT2D eigenvalue weighted by molar-refractivity contribution is -0.138. The molecule has 0 saturated carbocycles. The maximum Gasteiger partial charge on any atom is 0.321 e. The van der Waals surface area contributed by atoms with Gasteiger partial charge in [-0.2, -0.15) is 5.10 Å². The molecule has 6 heteroatoms. The van der Waals surface area contributed by atoms with Crippen LogP contribution in [0.15, 0.2) is 12.4 Å². The summed E-state index contributed by atoms with van der Waals surface area (Å²) in [5.41, 5.74) is 1.03. The van der Waals surface area contributed by atoms with Gasteiger partial charge in [0.15, 0.2) is 0 Å². The van der Waals surface area contributed by atoms with Gasteiger partial charge in [-0.1, -0.05) is 0 Å². The molecular weight excluding hydrogens is 202 g/mol. The number of rotatable bonds is 2. The molecule has 2 N–H and O–H groups in total. The Morgan fingerprint density at radius 1 is 1.86 bits per heavy atom. The van der Waals surface area contributed by atoms with Crippen LogP contribution in [0.3, 0.4) is 0 Å². The third-order valence-corrected chi connectivity index (χ3v) is 3.38. The Bertz CT molecular complexity index is 352. The van der Waals surface area contributed by atoms with E-state index in [1.807, 2.05) is 13.2 Å². The van der Waals surface area contributed by atoms with Gasteiger partial charge in [-0.3, -0.25) is 14.8 Å². The molecule has 0 amide bonds. The van der Waals surface area contributed by atoms with E-state index < -0.39 is 12.0 Å². The van der Waals surface area contributed by atoms with Crippen LogP contribution < -0.4 is 5.32 Å². The molecule has 2 atom stereocenters. The Kier molecular flexibility index (Phi) is 2.47. The normalized spacial score (nSPS) is 26.6. The molecule has 1 saturated heterocycles. The SMILES string of the molecule is Cn1cc([C@@H]2N[C@@H](C(=O)O)CS2)cn1. The van der Waals surface area contributed by atoms with Crippen molar-refractivity contribution in [3.05, 3.63) is 18.0 Å². The summed E-state index contributed by atoms with van der Waals surface area (Å²) in [5, 5.41) is 15.9. The van der Waals surface area contributed by atoms with E-state index in [0.717, 1.165) is 5.56 Å². The van der Waals surface area contributed by atoms with Gasteiger partial charge in [0.2, 0.25) is 0 Å². The molecule has 14 heavy (non-hydrogen) atoms. The number of aromatic nitrogens is 2.